The number of nitrogens with two attached hydrogens (primary N) is 1. The van der Waals surface area contributed by atoms with Crippen molar-refractivity contribution < 1.29 is 53.5 Å². The van der Waals surface area contributed by atoms with Gasteiger partial charge in [-0.05, 0) is 56.1 Å². The fraction of sp³-hybridized carbons (Fsp3) is 0.595. The summed E-state index contributed by atoms with van der Waals surface area (Å²) < 4.78 is 0. The second-order valence-corrected chi connectivity index (χ2v) is 17.9. The number of carbonyl (C=O) groups excluding carboxylic acids is 9. The van der Waals surface area contributed by atoms with Gasteiger partial charge in [0, 0.05) is 59.8 Å². The van der Waals surface area contributed by atoms with Gasteiger partial charge >= 0.3 is 6.03 Å². The zero-order valence-electron chi connectivity index (χ0n) is 36.7. The molecule has 2 saturated heterocycles. The lowest BCUT2D eigenvalue weighted by Crippen LogP contribution is -2.57. The number of hydroxylamine groups is 1. The molecule has 358 valence electrons. The van der Waals surface area contributed by atoms with Crippen LogP contribution in [0.25, 0.3) is 10.9 Å². The monoisotopic (exact) mass is 929 g/mol. The average Bonchev–Trinajstić information content (AvgIpc) is 3.97. The van der Waals surface area contributed by atoms with Crippen LogP contribution < -0.4 is 53.7 Å². The molecular formula is C42H63N11O11S. The second-order valence-electron chi connectivity index (χ2n) is 16.7. The maximum atomic E-state index is 13.7. The number of primary amides is 1. The van der Waals surface area contributed by atoms with Crippen LogP contribution in [0.4, 0.5) is 4.79 Å². The summed E-state index contributed by atoms with van der Waals surface area (Å²) in [6.45, 7) is 1.96. The van der Waals surface area contributed by atoms with E-state index in [4.69, 9.17) is 10.9 Å². The Kier molecular flexibility index (Phi) is 20.8. The molecule has 1 aromatic carbocycles. The van der Waals surface area contributed by atoms with E-state index in [0.717, 1.165) is 35.9 Å². The van der Waals surface area contributed by atoms with Gasteiger partial charge in [-0.1, -0.05) is 38.5 Å². The van der Waals surface area contributed by atoms with Crippen LogP contribution in [0.15, 0.2) is 30.5 Å². The largest absolute Gasteiger partial charge is 0.394 e. The van der Waals surface area contributed by atoms with Crippen molar-refractivity contribution in [1.29, 1.82) is 0 Å². The highest BCUT2D eigenvalue weighted by molar-refractivity contribution is 8.00. The number of thioether (sulfide) groups is 1. The molecule has 2 fully saturated rings. The maximum Gasteiger partial charge on any atom is 0.315 e. The number of rotatable bonds is 28. The van der Waals surface area contributed by atoms with E-state index in [-0.39, 0.29) is 55.6 Å². The number of urea groups is 1. The number of hydrogen-bond acceptors (Lipinski definition) is 12. The van der Waals surface area contributed by atoms with Crippen molar-refractivity contribution in [1.82, 2.24) is 53.0 Å². The lowest BCUT2D eigenvalue weighted by Gasteiger charge is -2.25. The van der Waals surface area contributed by atoms with Crippen LogP contribution in [-0.2, 0) is 44.8 Å². The van der Waals surface area contributed by atoms with Gasteiger partial charge in [0.25, 0.3) is 0 Å². The molecule has 0 aliphatic carbocycles. The van der Waals surface area contributed by atoms with E-state index < -0.39 is 85.1 Å². The summed E-state index contributed by atoms with van der Waals surface area (Å²) in [5.74, 6) is -5.69. The van der Waals surface area contributed by atoms with Crippen molar-refractivity contribution in [2.24, 2.45) is 17.6 Å². The highest BCUT2D eigenvalue weighted by Gasteiger charge is 2.42. The summed E-state index contributed by atoms with van der Waals surface area (Å²) in [5, 5.41) is 41.1. The molecule has 2 aromatic rings. The third-order valence-corrected chi connectivity index (χ3v) is 12.6. The number of aromatic amines is 1. The Morgan fingerprint density at radius 2 is 1.55 bits per heavy atom. The molecule has 0 spiro atoms. The Hall–Kier alpha value is -5.94. The molecule has 65 heavy (non-hydrogen) atoms. The predicted octanol–water partition coefficient (Wildman–Crippen LogP) is -1.56. The Morgan fingerprint density at radius 1 is 0.815 bits per heavy atom. The van der Waals surface area contributed by atoms with Crippen molar-refractivity contribution in [3.05, 3.63) is 36.0 Å². The molecule has 0 bridgehead atoms. The van der Waals surface area contributed by atoms with Crippen LogP contribution in [-0.4, -0.2) is 136 Å². The number of aliphatic hydroxyl groups is 1. The number of unbranched alkanes of at least 4 members (excludes halogenated alkanes) is 2. The molecule has 1 unspecified atom stereocenters. The second kappa shape index (κ2) is 26.1. The average molecular weight is 930 g/mol. The fourth-order valence-electron chi connectivity index (χ4n) is 7.73. The zero-order valence-corrected chi connectivity index (χ0v) is 37.5. The third-order valence-electron chi connectivity index (χ3n) is 11.1. The molecule has 7 atom stereocenters. The number of aliphatic hydroxyl groups excluding tert-OH is 1. The minimum Gasteiger partial charge on any atom is -0.394 e. The summed E-state index contributed by atoms with van der Waals surface area (Å²) >= 11 is 1.83. The van der Waals surface area contributed by atoms with Gasteiger partial charge in [-0.25, -0.2) is 10.3 Å². The van der Waals surface area contributed by atoms with Crippen molar-refractivity contribution >= 4 is 76.0 Å². The van der Waals surface area contributed by atoms with Gasteiger partial charge in [-0.15, -0.1) is 0 Å². The van der Waals surface area contributed by atoms with Gasteiger partial charge in [0.15, 0.2) is 0 Å². The molecule has 10 amide bonds. The Morgan fingerprint density at radius 3 is 2.28 bits per heavy atom. The Bertz CT molecular complexity index is 2000. The summed E-state index contributed by atoms with van der Waals surface area (Å²) in [6, 6.07) is 3.54. The molecule has 22 nitrogen and oxygen atoms in total. The molecule has 0 saturated carbocycles. The van der Waals surface area contributed by atoms with Crippen LogP contribution >= 0.6 is 11.8 Å². The number of hydrogen-bond donors (Lipinski definition) is 13. The quantitative estimate of drug-likeness (QED) is 0.0200. The van der Waals surface area contributed by atoms with Gasteiger partial charge in [0.1, 0.15) is 18.1 Å². The lowest BCUT2D eigenvalue weighted by molar-refractivity contribution is -0.137. The van der Waals surface area contributed by atoms with Gasteiger partial charge in [0.2, 0.25) is 47.3 Å². The van der Waals surface area contributed by atoms with Crippen LogP contribution in [0.1, 0.15) is 77.2 Å². The summed E-state index contributed by atoms with van der Waals surface area (Å²) in [5.41, 5.74) is 8.42. The number of carbonyl (C=O) groups is 9. The van der Waals surface area contributed by atoms with Crippen LogP contribution in [0.3, 0.4) is 0 Å². The van der Waals surface area contributed by atoms with E-state index in [0.29, 0.717) is 36.6 Å². The molecule has 2 aliphatic rings. The van der Waals surface area contributed by atoms with E-state index in [2.05, 4.69) is 47.5 Å². The van der Waals surface area contributed by atoms with E-state index >= 15 is 0 Å². The number of H-pyrrole nitrogens is 1. The first-order chi connectivity index (χ1) is 31.1. The smallest absolute Gasteiger partial charge is 0.315 e. The van der Waals surface area contributed by atoms with Crippen LogP contribution in [0.2, 0.25) is 0 Å². The van der Waals surface area contributed by atoms with Crippen LogP contribution in [0.5, 0.6) is 0 Å². The van der Waals surface area contributed by atoms with E-state index in [1.807, 2.05) is 43.8 Å². The number of aromatic nitrogens is 1. The Balaban J connectivity index is 1.17. The van der Waals surface area contributed by atoms with Crippen molar-refractivity contribution in [3.63, 3.8) is 0 Å². The summed E-state index contributed by atoms with van der Waals surface area (Å²) in [6.07, 6.45) is 5.54. The zero-order chi connectivity index (χ0) is 47.5. The van der Waals surface area contributed by atoms with Crippen LogP contribution in [0, 0.1) is 11.8 Å². The first-order valence-electron chi connectivity index (χ1n) is 21.9. The predicted molar refractivity (Wildman–Crippen MR) is 238 cm³/mol. The summed E-state index contributed by atoms with van der Waals surface area (Å²) in [7, 11) is 0. The van der Waals surface area contributed by atoms with Crippen molar-refractivity contribution in [2.75, 3.05) is 32.0 Å². The molecule has 3 heterocycles. The normalized spacial score (nSPS) is 18.2. The van der Waals surface area contributed by atoms with E-state index in [9.17, 15) is 48.3 Å². The SMILES string of the molecule is CC(C)CC(CC(=O)NO)C(=O)N[C@@H](Cc1c[nH]c2ccccc12)C(=O)N[C@@H](CO)C(=O)NCC(=O)NCC(=O)N[C@@H](CCCCNC(=O)CCCC[C@@H]1SC[C@@H]2NC(=O)N[C@@H]21)C(N)=O. The Labute approximate surface area is 380 Å². The highest BCUT2D eigenvalue weighted by Crippen LogP contribution is 2.33. The van der Waals surface area contributed by atoms with Gasteiger partial charge < -0.3 is 58.4 Å². The maximum absolute atomic E-state index is 13.7. The van der Waals surface area contributed by atoms with E-state index in [1.54, 1.807) is 12.3 Å². The molecule has 2 aliphatic heterocycles. The molecule has 4 rings (SSSR count). The van der Waals surface area contributed by atoms with Gasteiger partial charge in [0.05, 0.1) is 31.8 Å². The third kappa shape index (κ3) is 16.9. The summed E-state index contributed by atoms with van der Waals surface area (Å²) in [4.78, 5) is 116. The first-order valence-corrected chi connectivity index (χ1v) is 22.9. The molecule has 1 aromatic heterocycles. The number of fused-ring (bicyclic) bond motifs is 2. The molecule has 0 radical (unpaired) electrons. The number of benzene rings is 1. The fourth-order valence-corrected chi connectivity index (χ4v) is 9.28. The molecular weight excluding hydrogens is 867 g/mol. The van der Waals surface area contributed by atoms with Gasteiger partial charge in [-0.3, -0.25) is 43.6 Å². The van der Waals surface area contributed by atoms with Crippen molar-refractivity contribution in [2.45, 2.75) is 114 Å². The standard InChI is InChI=1S/C42H63N11O11S/c1-23(2)15-24(17-34(56)53-64)39(60)49-29(16-25-18-45-27-10-4-3-9-26(25)27)41(62)50-30(21-54)40(61)47-19-35(57)46-20-36(58)48-28(38(43)59)11-7-8-14-44-33(55)13-6-5-12-32-37-31(22-65-32)51-42(63)52-37/h3-4,9-10,18,23-24,28-32,37,45,54,64H,5-8,11-17,19-22H2,1-2H3,(H2,43,59)(H,44,55)(H,46,57)(H,47,61)(H,48,58)(H,49,60)(H,50,62)(H,53,56)(H2,51,52,63)/t24?,28-,29-,30-,31-,32-,37-/m0/s1. The molecule has 23 heteroatoms. The van der Waals surface area contributed by atoms with Crippen molar-refractivity contribution in [3.8, 4) is 0 Å². The molecule has 14 N–H and O–H groups in total. The number of amides is 10. The topological polar surface area (TPSA) is 344 Å². The number of para-hydroxylation sites is 1. The van der Waals surface area contributed by atoms with Gasteiger partial charge in [-0.2, -0.15) is 11.8 Å². The minimum absolute atomic E-state index is 0.0250. The van der Waals surface area contributed by atoms with E-state index in [1.165, 1.54) is 5.48 Å². The lowest BCUT2D eigenvalue weighted by atomic mass is 9.92. The first kappa shape index (κ1) is 51.7. The highest BCUT2D eigenvalue weighted by atomic mass is 32.2. The number of nitrogens with one attached hydrogen (secondary N) is 10. The minimum atomic E-state index is -1.56.